The minimum absolute atomic E-state index is 0.0973. The topological polar surface area (TPSA) is 76.1 Å². The van der Waals surface area contributed by atoms with Crippen LogP contribution in [0.3, 0.4) is 0 Å². The van der Waals surface area contributed by atoms with Gasteiger partial charge in [-0.3, -0.25) is 4.79 Å². The predicted octanol–water partition coefficient (Wildman–Crippen LogP) is 3.15. The average molecular weight is 337 g/mol. The van der Waals surface area contributed by atoms with Gasteiger partial charge in [0.15, 0.2) is 0 Å². The molecule has 0 aliphatic carbocycles. The number of esters is 1. The number of rotatable bonds is 5. The van der Waals surface area contributed by atoms with E-state index in [9.17, 15) is 14.7 Å². The molecule has 6 heteroatoms. The standard InChI is InChI=1S/C18H27NO5/c1-12(2)16(21)23-14-9-7-13(8-10-14)15(20)11-19(6)17(22)24-18(3,4)5/h7-10,12,15,20H,11H2,1-6H3. The van der Waals surface area contributed by atoms with Gasteiger partial charge in [-0.25, -0.2) is 4.79 Å². The number of benzene rings is 1. The van der Waals surface area contributed by atoms with Crippen LogP contribution in [-0.2, 0) is 9.53 Å². The monoisotopic (exact) mass is 337 g/mol. The van der Waals surface area contributed by atoms with Gasteiger partial charge >= 0.3 is 12.1 Å². The number of hydrogen-bond acceptors (Lipinski definition) is 5. The fraction of sp³-hybridized carbons (Fsp3) is 0.556. The maximum absolute atomic E-state index is 11.9. The number of likely N-dealkylation sites (N-methyl/N-ethyl adjacent to an activating group) is 1. The van der Waals surface area contributed by atoms with Crippen molar-refractivity contribution in [1.82, 2.24) is 4.90 Å². The minimum Gasteiger partial charge on any atom is -0.444 e. The SMILES string of the molecule is CC(C)C(=O)Oc1ccc(C(O)CN(C)C(=O)OC(C)(C)C)cc1. The van der Waals surface area contributed by atoms with Crippen LogP contribution in [0, 0.1) is 5.92 Å². The van der Waals surface area contributed by atoms with E-state index >= 15 is 0 Å². The Bertz CT molecular complexity index is 560. The number of carbonyl (C=O) groups is 2. The van der Waals surface area contributed by atoms with Gasteiger partial charge in [0.1, 0.15) is 11.4 Å². The number of amides is 1. The summed E-state index contributed by atoms with van der Waals surface area (Å²) in [6.45, 7) is 8.96. The molecule has 0 aliphatic rings. The highest BCUT2D eigenvalue weighted by atomic mass is 16.6. The zero-order chi connectivity index (χ0) is 18.5. The van der Waals surface area contributed by atoms with E-state index in [4.69, 9.17) is 9.47 Å². The minimum atomic E-state index is -0.864. The van der Waals surface area contributed by atoms with Crippen molar-refractivity contribution in [3.8, 4) is 5.75 Å². The summed E-state index contributed by atoms with van der Waals surface area (Å²) in [5, 5.41) is 10.2. The lowest BCUT2D eigenvalue weighted by atomic mass is 10.1. The Labute approximate surface area is 143 Å². The summed E-state index contributed by atoms with van der Waals surface area (Å²) >= 11 is 0. The van der Waals surface area contributed by atoms with Gasteiger partial charge in [0.05, 0.1) is 18.6 Å². The number of hydrogen-bond donors (Lipinski definition) is 1. The third-order valence-electron chi connectivity index (χ3n) is 3.11. The third kappa shape index (κ3) is 6.58. The Balaban J connectivity index is 2.63. The molecule has 0 fully saturated rings. The summed E-state index contributed by atoms with van der Waals surface area (Å²) in [4.78, 5) is 24.8. The summed E-state index contributed by atoms with van der Waals surface area (Å²) < 4.78 is 10.4. The van der Waals surface area contributed by atoms with Crippen molar-refractivity contribution in [3.63, 3.8) is 0 Å². The highest BCUT2D eigenvalue weighted by Crippen LogP contribution is 2.20. The van der Waals surface area contributed by atoms with Crippen LogP contribution >= 0.6 is 0 Å². The Morgan fingerprint density at radius 1 is 1.17 bits per heavy atom. The number of nitrogens with zero attached hydrogens (tertiary/aromatic N) is 1. The van der Waals surface area contributed by atoms with E-state index in [1.165, 1.54) is 4.90 Å². The second-order valence-corrected chi connectivity index (χ2v) is 7.02. The highest BCUT2D eigenvalue weighted by Gasteiger charge is 2.22. The molecule has 24 heavy (non-hydrogen) atoms. The zero-order valence-corrected chi connectivity index (χ0v) is 15.2. The van der Waals surface area contributed by atoms with Crippen LogP contribution in [0.15, 0.2) is 24.3 Å². The summed E-state index contributed by atoms with van der Waals surface area (Å²) in [7, 11) is 1.57. The van der Waals surface area contributed by atoms with Gasteiger partial charge in [-0.15, -0.1) is 0 Å². The van der Waals surface area contributed by atoms with Crippen molar-refractivity contribution < 1.29 is 24.2 Å². The van der Waals surface area contributed by atoms with Crippen molar-refractivity contribution in [2.45, 2.75) is 46.3 Å². The van der Waals surface area contributed by atoms with E-state index in [0.717, 1.165) is 0 Å². The number of aliphatic hydroxyl groups is 1. The summed E-state index contributed by atoms with van der Waals surface area (Å²) in [6.07, 6.45) is -1.36. The molecule has 1 unspecified atom stereocenters. The Hall–Kier alpha value is -2.08. The predicted molar refractivity (Wildman–Crippen MR) is 90.7 cm³/mol. The van der Waals surface area contributed by atoms with Crippen molar-refractivity contribution in [2.24, 2.45) is 5.92 Å². The fourth-order valence-corrected chi connectivity index (χ4v) is 1.77. The van der Waals surface area contributed by atoms with Crippen molar-refractivity contribution in [1.29, 1.82) is 0 Å². The van der Waals surface area contributed by atoms with Crippen LogP contribution in [0.4, 0.5) is 4.79 Å². The summed E-state index contributed by atoms with van der Waals surface area (Å²) in [5.74, 6) is -0.101. The molecule has 0 heterocycles. The van der Waals surface area contributed by atoms with Crippen LogP contribution < -0.4 is 4.74 Å². The molecule has 0 spiro atoms. The van der Waals surface area contributed by atoms with Crippen molar-refractivity contribution in [3.05, 3.63) is 29.8 Å². The summed E-state index contributed by atoms with van der Waals surface area (Å²) in [5.41, 5.74) is 0.0351. The largest absolute Gasteiger partial charge is 0.444 e. The number of ether oxygens (including phenoxy) is 2. The first-order valence-corrected chi connectivity index (χ1v) is 7.93. The zero-order valence-electron chi connectivity index (χ0n) is 15.2. The number of carbonyl (C=O) groups excluding carboxylic acids is 2. The smallest absolute Gasteiger partial charge is 0.410 e. The van der Waals surface area contributed by atoms with Crippen LogP contribution in [0.2, 0.25) is 0 Å². The maximum atomic E-state index is 11.9. The van der Waals surface area contributed by atoms with E-state index < -0.39 is 17.8 Å². The molecule has 0 aliphatic heterocycles. The third-order valence-corrected chi connectivity index (χ3v) is 3.11. The normalized spacial score (nSPS) is 12.7. The Morgan fingerprint density at radius 3 is 2.17 bits per heavy atom. The van der Waals surface area contributed by atoms with Crippen molar-refractivity contribution in [2.75, 3.05) is 13.6 Å². The molecule has 1 aromatic carbocycles. The van der Waals surface area contributed by atoms with E-state index in [-0.39, 0.29) is 18.4 Å². The van der Waals surface area contributed by atoms with E-state index in [2.05, 4.69) is 0 Å². The van der Waals surface area contributed by atoms with Crippen LogP contribution in [0.5, 0.6) is 5.75 Å². The Kier molecular flexibility index (Phi) is 6.78. The first-order valence-electron chi connectivity index (χ1n) is 7.93. The quantitative estimate of drug-likeness (QED) is 0.660. The van der Waals surface area contributed by atoms with Gasteiger partial charge in [0.2, 0.25) is 0 Å². The summed E-state index contributed by atoms with van der Waals surface area (Å²) in [6, 6.07) is 6.56. The van der Waals surface area contributed by atoms with Gasteiger partial charge in [0, 0.05) is 7.05 Å². The van der Waals surface area contributed by atoms with Gasteiger partial charge in [-0.2, -0.15) is 0 Å². The van der Waals surface area contributed by atoms with Gasteiger partial charge in [-0.05, 0) is 38.5 Å². The first kappa shape index (κ1) is 20.0. The molecule has 0 saturated carbocycles. The Morgan fingerprint density at radius 2 is 1.71 bits per heavy atom. The molecule has 1 atom stereocenters. The van der Waals surface area contributed by atoms with Crippen LogP contribution in [0.1, 0.15) is 46.3 Å². The molecule has 1 N–H and O–H groups in total. The van der Waals surface area contributed by atoms with Crippen LogP contribution in [-0.4, -0.2) is 41.3 Å². The average Bonchev–Trinajstić information content (AvgIpc) is 2.45. The molecule has 0 aromatic heterocycles. The van der Waals surface area contributed by atoms with Crippen molar-refractivity contribution >= 4 is 12.1 Å². The molecule has 6 nitrogen and oxygen atoms in total. The van der Waals surface area contributed by atoms with Crippen LogP contribution in [0.25, 0.3) is 0 Å². The molecule has 0 saturated heterocycles. The van der Waals surface area contributed by atoms with E-state index in [1.54, 1.807) is 65.9 Å². The van der Waals surface area contributed by atoms with Gasteiger partial charge < -0.3 is 19.5 Å². The lowest BCUT2D eigenvalue weighted by Gasteiger charge is -2.26. The molecule has 1 rings (SSSR count). The van der Waals surface area contributed by atoms with E-state index in [1.807, 2.05) is 0 Å². The van der Waals surface area contributed by atoms with Gasteiger partial charge in [-0.1, -0.05) is 26.0 Å². The maximum Gasteiger partial charge on any atom is 0.410 e. The molecule has 0 bridgehead atoms. The molecule has 1 amide bonds. The molecular weight excluding hydrogens is 310 g/mol. The molecule has 1 aromatic rings. The molecular formula is C18H27NO5. The van der Waals surface area contributed by atoms with E-state index in [0.29, 0.717) is 11.3 Å². The second-order valence-electron chi connectivity index (χ2n) is 7.02. The molecule has 0 radical (unpaired) electrons. The highest BCUT2D eigenvalue weighted by molar-refractivity contribution is 5.74. The number of aliphatic hydroxyl groups excluding tert-OH is 1. The first-order chi connectivity index (χ1) is 11.0. The lowest BCUT2D eigenvalue weighted by Crippen LogP contribution is -2.36. The lowest BCUT2D eigenvalue weighted by molar-refractivity contribution is -0.137. The second kappa shape index (κ2) is 8.15. The van der Waals surface area contributed by atoms with Gasteiger partial charge in [0.25, 0.3) is 0 Å². The fourth-order valence-electron chi connectivity index (χ4n) is 1.77. The molecule has 134 valence electrons.